The fraction of sp³-hybridized carbons (Fsp3) is 0.136. The lowest BCUT2D eigenvalue weighted by Gasteiger charge is -2.11. The standard InChI is InChI=1S/C22H19N7O2/c1-12-8-24-22-25-9-16(29(22)10-12)20(30)27-17-5-4-13(2)18(26-17)15-11-28(3)21(31)19-14(15)6-7-23-19/h4-11,23H,1-3H3,(H,26,27,30). The lowest BCUT2D eigenvalue weighted by Crippen LogP contribution is -2.17. The number of nitrogens with zero attached hydrogens (tertiary/aromatic N) is 5. The van der Waals surface area contributed by atoms with Gasteiger partial charge in [0.05, 0.1) is 11.9 Å². The first-order valence-corrected chi connectivity index (χ1v) is 9.68. The largest absolute Gasteiger partial charge is 0.357 e. The van der Waals surface area contributed by atoms with E-state index in [4.69, 9.17) is 0 Å². The molecular weight excluding hydrogens is 394 g/mol. The molecule has 0 aliphatic carbocycles. The zero-order valence-corrected chi connectivity index (χ0v) is 17.2. The molecule has 0 aliphatic rings. The molecule has 1 amide bonds. The number of nitrogens with one attached hydrogen (secondary N) is 2. The van der Waals surface area contributed by atoms with Crippen LogP contribution in [0.15, 0.2) is 54.0 Å². The molecule has 0 unspecified atom stereocenters. The number of carbonyl (C=O) groups is 1. The molecule has 2 N–H and O–H groups in total. The van der Waals surface area contributed by atoms with E-state index >= 15 is 0 Å². The first-order chi connectivity index (χ1) is 14.9. The van der Waals surface area contributed by atoms with Crippen molar-refractivity contribution in [3.63, 3.8) is 0 Å². The molecular formula is C22H19N7O2. The van der Waals surface area contributed by atoms with Crippen LogP contribution in [-0.4, -0.2) is 34.8 Å². The monoisotopic (exact) mass is 413 g/mol. The Kier molecular flexibility index (Phi) is 4.18. The van der Waals surface area contributed by atoms with Gasteiger partial charge in [0.15, 0.2) is 0 Å². The van der Waals surface area contributed by atoms with E-state index in [9.17, 15) is 9.59 Å². The molecule has 5 aromatic heterocycles. The molecule has 0 aliphatic heterocycles. The number of rotatable bonds is 3. The van der Waals surface area contributed by atoms with Gasteiger partial charge in [-0.15, -0.1) is 0 Å². The van der Waals surface area contributed by atoms with Crippen LogP contribution in [0, 0.1) is 13.8 Å². The number of imidazole rings is 1. The van der Waals surface area contributed by atoms with Crippen LogP contribution in [0.1, 0.15) is 21.6 Å². The summed E-state index contributed by atoms with van der Waals surface area (Å²) in [6, 6.07) is 5.49. The summed E-state index contributed by atoms with van der Waals surface area (Å²) < 4.78 is 3.17. The topological polar surface area (TPSA) is 110 Å². The van der Waals surface area contributed by atoms with Crippen molar-refractivity contribution in [1.29, 1.82) is 0 Å². The van der Waals surface area contributed by atoms with Gasteiger partial charge in [0.1, 0.15) is 17.0 Å². The highest BCUT2D eigenvalue weighted by Crippen LogP contribution is 2.28. The Labute approximate surface area is 176 Å². The molecule has 0 fully saturated rings. The second kappa shape index (κ2) is 6.91. The van der Waals surface area contributed by atoms with Gasteiger partial charge in [0.2, 0.25) is 5.78 Å². The highest BCUT2D eigenvalue weighted by atomic mass is 16.2. The molecule has 0 atom stereocenters. The number of hydrogen-bond acceptors (Lipinski definition) is 5. The number of H-pyrrole nitrogens is 1. The molecule has 0 saturated heterocycles. The summed E-state index contributed by atoms with van der Waals surface area (Å²) in [5.74, 6) is 0.515. The van der Waals surface area contributed by atoms with Gasteiger partial charge in [-0.2, -0.15) is 0 Å². The number of aromatic amines is 1. The Hall–Kier alpha value is -4.27. The third kappa shape index (κ3) is 3.07. The lowest BCUT2D eigenvalue weighted by molar-refractivity contribution is 0.102. The van der Waals surface area contributed by atoms with E-state index in [0.29, 0.717) is 28.5 Å². The number of pyridine rings is 2. The fourth-order valence-corrected chi connectivity index (χ4v) is 3.65. The van der Waals surface area contributed by atoms with Crippen LogP contribution >= 0.6 is 0 Å². The Morgan fingerprint density at radius 1 is 1.10 bits per heavy atom. The summed E-state index contributed by atoms with van der Waals surface area (Å²) in [6.45, 7) is 3.84. The normalized spacial score (nSPS) is 11.3. The van der Waals surface area contributed by atoms with E-state index in [2.05, 4.69) is 25.3 Å². The summed E-state index contributed by atoms with van der Waals surface area (Å²) in [7, 11) is 1.70. The molecule has 0 aromatic carbocycles. The number of aryl methyl sites for hydroxylation is 3. The van der Waals surface area contributed by atoms with Crippen molar-refractivity contribution in [2.24, 2.45) is 7.05 Å². The van der Waals surface area contributed by atoms with Gasteiger partial charge in [-0.3, -0.25) is 14.0 Å². The van der Waals surface area contributed by atoms with Crippen LogP contribution in [0.2, 0.25) is 0 Å². The number of fused-ring (bicyclic) bond motifs is 2. The average molecular weight is 413 g/mol. The minimum Gasteiger partial charge on any atom is -0.357 e. The first kappa shape index (κ1) is 18.7. The molecule has 0 saturated carbocycles. The minimum absolute atomic E-state index is 0.109. The van der Waals surface area contributed by atoms with Gasteiger partial charge in [-0.1, -0.05) is 6.07 Å². The second-order valence-corrected chi connectivity index (χ2v) is 7.49. The van der Waals surface area contributed by atoms with E-state index in [1.165, 1.54) is 10.8 Å². The first-order valence-electron chi connectivity index (χ1n) is 9.68. The third-order valence-electron chi connectivity index (χ3n) is 5.21. The van der Waals surface area contributed by atoms with Gasteiger partial charge in [0.25, 0.3) is 11.5 Å². The van der Waals surface area contributed by atoms with Crippen molar-refractivity contribution in [3.05, 3.63) is 76.4 Å². The smallest absolute Gasteiger partial charge is 0.275 e. The van der Waals surface area contributed by atoms with Gasteiger partial charge >= 0.3 is 0 Å². The second-order valence-electron chi connectivity index (χ2n) is 7.49. The molecule has 31 heavy (non-hydrogen) atoms. The van der Waals surface area contributed by atoms with Gasteiger partial charge in [-0.05, 0) is 37.1 Å². The number of anilines is 1. The molecule has 9 heteroatoms. The van der Waals surface area contributed by atoms with Crippen molar-refractivity contribution < 1.29 is 4.79 Å². The van der Waals surface area contributed by atoms with E-state index in [0.717, 1.165) is 22.1 Å². The molecule has 0 bridgehead atoms. The Morgan fingerprint density at radius 2 is 1.90 bits per heavy atom. The van der Waals surface area contributed by atoms with Gasteiger partial charge in [-0.25, -0.2) is 15.0 Å². The number of aromatic nitrogens is 6. The molecule has 154 valence electrons. The molecule has 5 heterocycles. The van der Waals surface area contributed by atoms with E-state index in [1.54, 1.807) is 36.1 Å². The van der Waals surface area contributed by atoms with Crippen molar-refractivity contribution in [2.45, 2.75) is 13.8 Å². The maximum absolute atomic E-state index is 12.9. The van der Waals surface area contributed by atoms with Crippen LogP contribution in [0.3, 0.4) is 0 Å². The highest BCUT2D eigenvalue weighted by Gasteiger charge is 2.17. The SMILES string of the molecule is Cc1cnc2ncc(C(=O)Nc3ccc(C)c(-c4cn(C)c(=O)c5[nH]ccc45)n3)n2c1. The van der Waals surface area contributed by atoms with Crippen molar-refractivity contribution >= 4 is 28.4 Å². The van der Waals surface area contributed by atoms with Gasteiger partial charge in [0, 0.05) is 42.8 Å². The van der Waals surface area contributed by atoms with E-state index in [1.807, 2.05) is 32.2 Å². The zero-order chi connectivity index (χ0) is 21.7. The van der Waals surface area contributed by atoms with Crippen LogP contribution in [-0.2, 0) is 7.05 Å². The van der Waals surface area contributed by atoms with E-state index < -0.39 is 0 Å². The quantitative estimate of drug-likeness (QED) is 0.473. The molecule has 0 radical (unpaired) electrons. The Balaban J connectivity index is 1.56. The molecule has 5 aromatic rings. The Morgan fingerprint density at radius 3 is 2.74 bits per heavy atom. The van der Waals surface area contributed by atoms with Crippen LogP contribution in [0.5, 0.6) is 0 Å². The van der Waals surface area contributed by atoms with Crippen LogP contribution < -0.4 is 10.9 Å². The predicted molar refractivity (Wildman–Crippen MR) is 117 cm³/mol. The highest BCUT2D eigenvalue weighted by molar-refractivity contribution is 6.03. The molecule has 0 spiro atoms. The molecule has 5 rings (SSSR count). The summed E-state index contributed by atoms with van der Waals surface area (Å²) >= 11 is 0. The fourth-order valence-electron chi connectivity index (χ4n) is 3.65. The maximum Gasteiger partial charge on any atom is 0.275 e. The van der Waals surface area contributed by atoms with Crippen molar-refractivity contribution in [3.8, 4) is 11.3 Å². The van der Waals surface area contributed by atoms with Crippen molar-refractivity contribution in [1.82, 2.24) is 28.9 Å². The van der Waals surface area contributed by atoms with Gasteiger partial charge < -0.3 is 14.9 Å². The predicted octanol–water partition coefficient (Wildman–Crippen LogP) is 2.84. The lowest BCUT2D eigenvalue weighted by atomic mass is 10.0. The number of amides is 1. The minimum atomic E-state index is -0.338. The zero-order valence-electron chi connectivity index (χ0n) is 17.2. The number of carbonyl (C=O) groups excluding carboxylic acids is 1. The van der Waals surface area contributed by atoms with E-state index in [-0.39, 0.29) is 11.5 Å². The van der Waals surface area contributed by atoms with Crippen LogP contribution in [0.4, 0.5) is 5.82 Å². The van der Waals surface area contributed by atoms with Crippen LogP contribution in [0.25, 0.3) is 27.9 Å². The third-order valence-corrected chi connectivity index (χ3v) is 5.21. The summed E-state index contributed by atoms with van der Waals surface area (Å²) in [5.41, 5.74) is 4.11. The molecule has 9 nitrogen and oxygen atoms in total. The number of hydrogen-bond donors (Lipinski definition) is 2. The average Bonchev–Trinajstić information content (AvgIpc) is 3.39. The summed E-state index contributed by atoms with van der Waals surface area (Å²) in [4.78, 5) is 41.4. The van der Waals surface area contributed by atoms with Crippen molar-refractivity contribution in [2.75, 3.05) is 5.32 Å². The summed E-state index contributed by atoms with van der Waals surface area (Å²) in [5, 5.41) is 3.63. The Bertz CT molecular complexity index is 1540. The maximum atomic E-state index is 12.9. The summed E-state index contributed by atoms with van der Waals surface area (Å²) in [6.07, 6.45) is 8.50.